The van der Waals surface area contributed by atoms with E-state index in [0.29, 0.717) is 6.42 Å². The average molecular weight is 373 g/mol. The maximum absolute atomic E-state index is 13.0. The standard InChI is InChI=1S/C20H18F3N3O/c1-26-13-16(12-25-26)15-8-6-14(7-9-15)10-11-24-19(27)17-4-2-3-5-18(17)20(21,22)23/h2-9,12-13H,10-11H2,1H3,(H,24,27). The second kappa shape index (κ2) is 7.65. The smallest absolute Gasteiger partial charge is 0.352 e. The Hall–Kier alpha value is -3.09. The molecule has 3 rings (SSSR count). The van der Waals surface area contributed by atoms with Crippen LogP contribution in [0, 0.1) is 0 Å². The van der Waals surface area contributed by atoms with Crippen molar-refractivity contribution in [1.29, 1.82) is 0 Å². The predicted molar refractivity (Wildman–Crippen MR) is 96.1 cm³/mol. The number of aryl methyl sites for hydroxylation is 1. The Labute approximate surface area is 154 Å². The lowest BCUT2D eigenvalue weighted by atomic mass is 10.0. The molecule has 0 unspecified atom stereocenters. The van der Waals surface area contributed by atoms with E-state index in [2.05, 4.69) is 10.4 Å². The van der Waals surface area contributed by atoms with Crippen LogP contribution in [0.5, 0.6) is 0 Å². The molecule has 0 bridgehead atoms. The molecule has 27 heavy (non-hydrogen) atoms. The predicted octanol–water partition coefficient (Wildman–Crippen LogP) is 4.08. The van der Waals surface area contributed by atoms with Crippen molar-refractivity contribution in [1.82, 2.24) is 15.1 Å². The zero-order chi connectivity index (χ0) is 19.4. The molecule has 0 saturated heterocycles. The minimum Gasteiger partial charge on any atom is -0.352 e. The van der Waals surface area contributed by atoms with Crippen molar-refractivity contribution in [3.63, 3.8) is 0 Å². The van der Waals surface area contributed by atoms with E-state index < -0.39 is 17.6 Å². The topological polar surface area (TPSA) is 46.9 Å². The van der Waals surface area contributed by atoms with Crippen molar-refractivity contribution < 1.29 is 18.0 Å². The Kier molecular flexibility index (Phi) is 5.30. The van der Waals surface area contributed by atoms with Gasteiger partial charge in [0, 0.05) is 25.4 Å². The molecular formula is C20H18F3N3O. The fraction of sp³-hybridized carbons (Fsp3) is 0.200. The van der Waals surface area contributed by atoms with E-state index in [1.165, 1.54) is 18.2 Å². The molecule has 1 N–H and O–H groups in total. The van der Waals surface area contributed by atoms with E-state index in [-0.39, 0.29) is 12.1 Å². The fourth-order valence-corrected chi connectivity index (χ4v) is 2.78. The number of benzene rings is 2. The summed E-state index contributed by atoms with van der Waals surface area (Å²) in [5.74, 6) is -0.727. The summed E-state index contributed by atoms with van der Waals surface area (Å²) >= 11 is 0. The van der Waals surface area contributed by atoms with Gasteiger partial charge in [0.15, 0.2) is 0 Å². The third kappa shape index (κ3) is 4.55. The largest absolute Gasteiger partial charge is 0.417 e. The van der Waals surface area contributed by atoms with Crippen molar-refractivity contribution in [2.24, 2.45) is 7.05 Å². The van der Waals surface area contributed by atoms with Crippen LogP contribution in [0.25, 0.3) is 11.1 Å². The van der Waals surface area contributed by atoms with Crippen LogP contribution in [0.15, 0.2) is 60.9 Å². The van der Waals surface area contributed by atoms with Crippen LogP contribution in [0.2, 0.25) is 0 Å². The quantitative estimate of drug-likeness (QED) is 0.733. The van der Waals surface area contributed by atoms with Gasteiger partial charge >= 0.3 is 6.18 Å². The van der Waals surface area contributed by atoms with Gasteiger partial charge in [-0.2, -0.15) is 18.3 Å². The fourth-order valence-electron chi connectivity index (χ4n) is 2.78. The molecule has 0 atom stereocenters. The minimum atomic E-state index is -4.56. The number of amides is 1. The number of halogens is 3. The second-order valence-electron chi connectivity index (χ2n) is 6.15. The molecule has 0 saturated carbocycles. The van der Waals surface area contributed by atoms with E-state index in [9.17, 15) is 18.0 Å². The highest BCUT2D eigenvalue weighted by Crippen LogP contribution is 2.31. The molecule has 1 amide bonds. The third-order valence-electron chi connectivity index (χ3n) is 4.17. The Morgan fingerprint density at radius 1 is 1.07 bits per heavy atom. The van der Waals surface area contributed by atoms with Crippen molar-refractivity contribution in [3.8, 4) is 11.1 Å². The summed E-state index contributed by atoms with van der Waals surface area (Å²) in [7, 11) is 1.84. The van der Waals surface area contributed by atoms with E-state index in [0.717, 1.165) is 22.8 Å². The van der Waals surface area contributed by atoms with E-state index in [4.69, 9.17) is 0 Å². The maximum Gasteiger partial charge on any atom is 0.417 e. The number of nitrogens with zero attached hydrogens (tertiary/aromatic N) is 2. The molecule has 0 aliphatic rings. The Balaban J connectivity index is 1.59. The highest BCUT2D eigenvalue weighted by molar-refractivity contribution is 5.95. The molecular weight excluding hydrogens is 355 g/mol. The molecule has 0 fully saturated rings. The van der Waals surface area contributed by atoms with E-state index >= 15 is 0 Å². The first-order valence-corrected chi connectivity index (χ1v) is 8.37. The van der Waals surface area contributed by atoms with Gasteiger partial charge in [-0.3, -0.25) is 9.48 Å². The van der Waals surface area contributed by atoms with Crippen LogP contribution in [-0.2, 0) is 19.6 Å². The summed E-state index contributed by atoms with van der Waals surface area (Å²) in [5.41, 5.74) is 1.71. The maximum atomic E-state index is 13.0. The Bertz CT molecular complexity index is 930. The van der Waals surface area contributed by atoms with Gasteiger partial charge in [-0.1, -0.05) is 36.4 Å². The first kappa shape index (κ1) is 18.7. The van der Waals surface area contributed by atoms with Crippen LogP contribution < -0.4 is 5.32 Å². The number of hydrogen-bond acceptors (Lipinski definition) is 2. The number of rotatable bonds is 5. The average Bonchev–Trinajstić information content (AvgIpc) is 3.08. The molecule has 4 nitrogen and oxygen atoms in total. The second-order valence-corrected chi connectivity index (χ2v) is 6.15. The minimum absolute atomic E-state index is 0.247. The number of carbonyl (C=O) groups excluding carboxylic acids is 1. The van der Waals surface area contributed by atoms with Gasteiger partial charge in [0.25, 0.3) is 5.91 Å². The number of hydrogen-bond donors (Lipinski definition) is 1. The lowest BCUT2D eigenvalue weighted by molar-refractivity contribution is -0.137. The molecule has 0 spiro atoms. The molecule has 7 heteroatoms. The highest BCUT2D eigenvalue weighted by atomic mass is 19.4. The first-order valence-electron chi connectivity index (χ1n) is 8.37. The van der Waals surface area contributed by atoms with E-state index in [1.54, 1.807) is 10.9 Å². The monoisotopic (exact) mass is 373 g/mol. The van der Waals surface area contributed by atoms with Gasteiger partial charge in [0.05, 0.1) is 17.3 Å². The number of nitrogens with one attached hydrogen (secondary N) is 1. The molecule has 1 aromatic heterocycles. The molecule has 140 valence electrons. The summed E-state index contributed by atoms with van der Waals surface area (Å²) < 4.78 is 40.7. The van der Waals surface area contributed by atoms with Crippen LogP contribution in [0.4, 0.5) is 13.2 Å². The van der Waals surface area contributed by atoms with Gasteiger partial charge in [-0.25, -0.2) is 0 Å². The Morgan fingerprint density at radius 2 is 1.78 bits per heavy atom. The molecule has 0 aliphatic heterocycles. The van der Waals surface area contributed by atoms with Crippen molar-refractivity contribution in [3.05, 3.63) is 77.6 Å². The van der Waals surface area contributed by atoms with E-state index in [1.807, 2.05) is 37.5 Å². The SMILES string of the molecule is Cn1cc(-c2ccc(CCNC(=O)c3ccccc3C(F)(F)F)cc2)cn1. The molecule has 1 heterocycles. The summed E-state index contributed by atoms with van der Waals surface area (Å²) in [6.45, 7) is 0.247. The summed E-state index contributed by atoms with van der Waals surface area (Å²) in [4.78, 5) is 12.1. The van der Waals surface area contributed by atoms with Crippen LogP contribution in [-0.4, -0.2) is 22.2 Å². The first-order chi connectivity index (χ1) is 12.8. The number of alkyl halides is 3. The van der Waals surface area contributed by atoms with Crippen molar-refractivity contribution in [2.45, 2.75) is 12.6 Å². The molecule has 0 radical (unpaired) electrons. The molecule has 2 aromatic carbocycles. The van der Waals surface area contributed by atoms with Gasteiger partial charge in [-0.05, 0) is 29.7 Å². The summed E-state index contributed by atoms with van der Waals surface area (Å²) in [6, 6.07) is 12.5. The number of aromatic nitrogens is 2. The van der Waals surface area contributed by atoms with Crippen LogP contribution >= 0.6 is 0 Å². The summed E-state index contributed by atoms with van der Waals surface area (Å²) in [5, 5.41) is 6.68. The van der Waals surface area contributed by atoms with Crippen molar-refractivity contribution >= 4 is 5.91 Å². The zero-order valence-corrected chi connectivity index (χ0v) is 14.6. The molecule has 0 aliphatic carbocycles. The molecule has 3 aromatic rings. The lowest BCUT2D eigenvalue weighted by Crippen LogP contribution is -2.28. The van der Waals surface area contributed by atoms with Crippen LogP contribution in [0.3, 0.4) is 0 Å². The highest BCUT2D eigenvalue weighted by Gasteiger charge is 2.34. The van der Waals surface area contributed by atoms with Gasteiger partial charge in [-0.15, -0.1) is 0 Å². The third-order valence-corrected chi connectivity index (χ3v) is 4.17. The summed E-state index contributed by atoms with van der Waals surface area (Å²) in [6.07, 6.45) is -0.357. The van der Waals surface area contributed by atoms with Gasteiger partial charge in [0.2, 0.25) is 0 Å². The lowest BCUT2D eigenvalue weighted by Gasteiger charge is -2.12. The van der Waals surface area contributed by atoms with Gasteiger partial charge < -0.3 is 5.32 Å². The van der Waals surface area contributed by atoms with Crippen LogP contribution in [0.1, 0.15) is 21.5 Å². The Morgan fingerprint density at radius 3 is 2.41 bits per heavy atom. The number of carbonyl (C=O) groups is 1. The normalized spacial score (nSPS) is 11.4. The zero-order valence-electron chi connectivity index (χ0n) is 14.6. The van der Waals surface area contributed by atoms with Crippen molar-refractivity contribution in [2.75, 3.05) is 6.54 Å². The van der Waals surface area contributed by atoms with Gasteiger partial charge in [0.1, 0.15) is 0 Å².